The molecule has 4 heteroatoms. The van der Waals surface area contributed by atoms with Crippen LogP contribution < -0.4 is 5.32 Å². The molecule has 0 bridgehead atoms. The average molecular weight is 258 g/mol. The van der Waals surface area contributed by atoms with Crippen molar-refractivity contribution in [2.24, 2.45) is 5.41 Å². The molecule has 1 rings (SSSR count). The van der Waals surface area contributed by atoms with Crippen LogP contribution >= 0.6 is 0 Å². The maximum absolute atomic E-state index is 5.61. The zero-order chi connectivity index (χ0) is 13.4. The third kappa shape index (κ3) is 5.65. The van der Waals surface area contributed by atoms with E-state index in [1.165, 1.54) is 12.8 Å². The highest BCUT2D eigenvalue weighted by Crippen LogP contribution is 2.29. The first-order chi connectivity index (χ1) is 8.58. The van der Waals surface area contributed by atoms with E-state index in [1.807, 2.05) is 7.11 Å². The molecule has 0 saturated carbocycles. The lowest BCUT2D eigenvalue weighted by Gasteiger charge is -2.40. The molecule has 0 atom stereocenters. The molecule has 1 N–H and O–H groups in total. The second-order valence-electron chi connectivity index (χ2n) is 5.84. The van der Waals surface area contributed by atoms with Crippen molar-refractivity contribution < 1.29 is 9.47 Å². The van der Waals surface area contributed by atoms with Gasteiger partial charge in [-0.2, -0.15) is 0 Å². The number of nitrogens with one attached hydrogen (secondary N) is 1. The van der Waals surface area contributed by atoms with Crippen LogP contribution in [0.3, 0.4) is 0 Å². The Labute approximate surface area is 112 Å². The molecule has 0 unspecified atom stereocenters. The number of hydrogen-bond acceptors (Lipinski definition) is 4. The van der Waals surface area contributed by atoms with Gasteiger partial charge in [0.2, 0.25) is 0 Å². The molecule has 4 nitrogen and oxygen atoms in total. The number of piperidine rings is 1. The summed E-state index contributed by atoms with van der Waals surface area (Å²) in [6, 6.07) is 0. The molecule has 18 heavy (non-hydrogen) atoms. The van der Waals surface area contributed by atoms with Crippen LogP contribution in [-0.4, -0.2) is 64.6 Å². The van der Waals surface area contributed by atoms with E-state index in [1.54, 1.807) is 0 Å². The Morgan fingerprint density at radius 1 is 1.28 bits per heavy atom. The standard InChI is InChI=1S/C14H30N2O2/c1-13(2)18-10-9-16(3)11-14(12-17-4)5-7-15-8-6-14/h13,15H,5-12H2,1-4H3. The van der Waals surface area contributed by atoms with Crippen LogP contribution in [0.25, 0.3) is 0 Å². The molecule has 0 aliphatic carbocycles. The minimum Gasteiger partial charge on any atom is -0.384 e. The summed E-state index contributed by atoms with van der Waals surface area (Å²) in [7, 11) is 3.99. The molecule has 1 aliphatic rings. The number of hydrogen-bond donors (Lipinski definition) is 1. The number of likely N-dealkylation sites (N-methyl/N-ethyl adjacent to an activating group) is 1. The third-order valence-corrected chi connectivity index (χ3v) is 3.64. The van der Waals surface area contributed by atoms with Gasteiger partial charge in [0, 0.05) is 25.6 Å². The summed E-state index contributed by atoms with van der Waals surface area (Å²) in [6.07, 6.45) is 2.73. The fourth-order valence-corrected chi connectivity index (χ4v) is 2.71. The van der Waals surface area contributed by atoms with Crippen molar-refractivity contribution in [1.29, 1.82) is 0 Å². The molecular formula is C14H30N2O2. The summed E-state index contributed by atoms with van der Waals surface area (Å²) < 4.78 is 11.1. The zero-order valence-electron chi connectivity index (χ0n) is 12.5. The summed E-state index contributed by atoms with van der Waals surface area (Å²) in [6.45, 7) is 10.2. The highest BCUT2D eigenvalue weighted by molar-refractivity contribution is 4.86. The molecule has 1 aliphatic heterocycles. The van der Waals surface area contributed by atoms with E-state index < -0.39 is 0 Å². The first-order valence-corrected chi connectivity index (χ1v) is 7.08. The van der Waals surface area contributed by atoms with Gasteiger partial charge in [-0.05, 0) is 46.8 Å². The molecule has 1 heterocycles. The Balaban J connectivity index is 2.35. The Bertz CT molecular complexity index is 210. The fourth-order valence-electron chi connectivity index (χ4n) is 2.71. The van der Waals surface area contributed by atoms with Gasteiger partial charge in [-0.25, -0.2) is 0 Å². The zero-order valence-corrected chi connectivity index (χ0v) is 12.5. The number of nitrogens with zero attached hydrogens (tertiary/aromatic N) is 1. The first-order valence-electron chi connectivity index (χ1n) is 7.08. The average Bonchev–Trinajstić information content (AvgIpc) is 2.29. The monoisotopic (exact) mass is 258 g/mol. The molecular weight excluding hydrogens is 228 g/mol. The van der Waals surface area contributed by atoms with Gasteiger partial charge in [-0.15, -0.1) is 0 Å². The fraction of sp³-hybridized carbons (Fsp3) is 1.00. The van der Waals surface area contributed by atoms with Crippen molar-refractivity contribution >= 4 is 0 Å². The van der Waals surface area contributed by atoms with Crippen LogP contribution in [-0.2, 0) is 9.47 Å². The van der Waals surface area contributed by atoms with Gasteiger partial charge < -0.3 is 19.7 Å². The van der Waals surface area contributed by atoms with Crippen LogP contribution in [0, 0.1) is 5.41 Å². The van der Waals surface area contributed by atoms with Crippen molar-refractivity contribution in [3.8, 4) is 0 Å². The van der Waals surface area contributed by atoms with E-state index in [0.29, 0.717) is 11.5 Å². The summed E-state index contributed by atoms with van der Waals surface area (Å²) in [5.41, 5.74) is 0.326. The van der Waals surface area contributed by atoms with E-state index in [4.69, 9.17) is 9.47 Å². The first kappa shape index (κ1) is 15.9. The highest BCUT2D eigenvalue weighted by Gasteiger charge is 2.33. The molecule has 0 radical (unpaired) electrons. The normalized spacial score (nSPS) is 19.7. The molecule has 1 saturated heterocycles. The van der Waals surface area contributed by atoms with E-state index >= 15 is 0 Å². The summed E-state index contributed by atoms with van der Waals surface area (Å²) in [5.74, 6) is 0. The lowest BCUT2D eigenvalue weighted by atomic mass is 9.79. The van der Waals surface area contributed by atoms with Crippen LogP contribution in [0.15, 0.2) is 0 Å². The highest BCUT2D eigenvalue weighted by atomic mass is 16.5. The van der Waals surface area contributed by atoms with Crippen molar-refractivity contribution in [3.05, 3.63) is 0 Å². The molecule has 0 aromatic rings. The minimum absolute atomic E-state index is 0.324. The summed E-state index contributed by atoms with van der Waals surface area (Å²) >= 11 is 0. The summed E-state index contributed by atoms with van der Waals surface area (Å²) in [5, 5.41) is 3.43. The lowest BCUT2D eigenvalue weighted by Crippen LogP contribution is -2.47. The predicted octanol–water partition coefficient (Wildman–Crippen LogP) is 1.36. The van der Waals surface area contributed by atoms with E-state index in [-0.39, 0.29) is 0 Å². The van der Waals surface area contributed by atoms with E-state index in [0.717, 1.165) is 39.4 Å². The van der Waals surface area contributed by atoms with Crippen LogP contribution in [0.2, 0.25) is 0 Å². The second kappa shape index (κ2) is 8.10. The van der Waals surface area contributed by atoms with Gasteiger partial charge in [0.1, 0.15) is 0 Å². The molecule has 0 aromatic carbocycles. The molecule has 1 fully saturated rings. The maximum Gasteiger partial charge on any atom is 0.0596 e. The Hall–Kier alpha value is -0.160. The quantitative estimate of drug-likeness (QED) is 0.713. The minimum atomic E-state index is 0.324. The van der Waals surface area contributed by atoms with Gasteiger partial charge in [0.25, 0.3) is 0 Å². The Morgan fingerprint density at radius 2 is 1.94 bits per heavy atom. The number of methoxy groups -OCH3 is 1. The smallest absolute Gasteiger partial charge is 0.0596 e. The van der Waals surface area contributed by atoms with Gasteiger partial charge in [-0.1, -0.05) is 0 Å². The van der Waals surface area contributed by atoms with Crippen LogP contribution in [0.4, 0.5) is 0 Å². The van der Waals surface area contributed by atoms with Crippen molar-refractivity contribution in [1.82, 2.24) is 10.2 Å². The van der Waals surface area contributed by atoms with E-state index in [2.05, 4.69) is 31.1 Å². The largest absolute Gasteiger partial charge is 0.384 e. The third-order valence-electron chi connectivity index (χ3n) is 3.64. The Kier molecular flexibility index (Phi) is 7.15. The second-order valence-corrected chi connectivity index (χ2v) is 5.84. The topological polar surface area (TPSA) is 33.7 Å². The van der Waals surface area contributed by atoms with Gasteiger partial charge in [-0.3, -0.25) is 0 Å². The van der Waals surface area contributed by atoms with Gasteiger partial charge >= 0.3 is 0 Å². The lowest BCUT2D eigenvalue weighted by molar-refractivity contribution is 0.0138. The molecule has 0 spiro atoms. The Morgan fingerprint density at radius 3 is 2.50 bits per heavy atom. The number of rotatable bonds is 8. The SMILES string of the molecule is COCC1(CN(C)CCOC(C)C)CCNCC1. The van der Waals surface area contributed by atoms with Gasteiger partial charge in [0.05, 0.1) is 19.3 Å². The van der Waals surface area contributed by atoms with Crippen molar-refractivity contribution in [3.63, 3.8) is 0 Å². The number of ether oxygens (including phenoxy) is 2. The molecule has 0 amide bonds. The molecule has 108 valence electrons. The van der Waals surface area contributed by atoms with Crippen LogP contribution in [0.5, 0.6) is 0 Å². The van der Waals surface area contributed by atoms with Crippen molar-refractivity contribution in [2.75, 3.05) is 53.6 Å². The predicted molar refractivity (Wildman–Crippen MR) is 75.0 cm³/mol. The summed E-state index contributed by atoms with van der Waals surface area (Å²) in [4.78, 5) is 2.38. The van der Waals surface area contributed by atoms with Crippen molar-refractivity contribution in [2.45, 2.75) is 32.8 Å². The molecule has 0 aromatic heterocycles. The van der Waals surface area contributed by atoms with Crippen LogP contribution in [0.1, 0.15) is 26.7 Å². The van der Waals surface area contributed by atoms with E-state index in [9.17, 15) is 0 Å². The van der Waals surface area contributed by atoms with Gasteiger partial charge in [0.15, 0.2) is 0 Å². The maximum atomic E-state index is 5.61.